The molecule has 0 bridgehead atoms. The van der Waals surface area contributed by atoms with Crippen molar-refractivity contribution in [2.24, 2.45) is 0 Å². The number of rotatable bonds is 0. The molecule has 0 fully saturated rings. The van der Waals surface area contributed by atoms with Gasteiger partial charge in [0.05, 0.1) is 0 Å². The molecule has 0 saturated heterocycles. The van der Waals surface area contributed by atoms with Gasteiger partial charge in [-0.15, -0.1) is 10.2 Å². The van der Waals surface area contributed by atoms with Gasteiger partial charge in [0.2, 0.25) is 0 Å². The van der Waals surface area contributed by atoms with Crippen molar-refractivity contribution in [3.05, 3.63) is 12.2 Å². The van der Waals surface area contributed by atoms with Crippen LogP contribution < -0.4 is 0 Å². The van der Waals surface area contributed by atoms with E-state index in [0.29, 0.717) is 5.82 Å². The summed E-state index contributed by atoms with van der Waals surface area (Å²) in [6.45, 7) is 0.851. The lowest BCUT2D eigenvalue weighted by Crippen LogP contribution is -1.92. The molecule has 1 aliphatic rings. The van der Waals surface area contributed by atoms with Crippen LogP contribution in [0.3, 0.4) is 0 Å². The lowest BCUT2D eigenvalue weighted by Gasteiger charge is -1.92. The van der Waals surface area contributed by atoms with Crippen LogP contribution in [0.1, 0.15) is 18.3 Å². The smallest absolute Gasteiger partial charge is 0.161 e. The Morgan fingerprint density at radius 2 is 2.67 bits per heavy atom. The number of fused-ring (bicyclic) bond motifs is 1. The molecule has 4 heteroatoms. The quantitative estimate of drug-likeness (QED) is 0.518. The van der Waals surface area contributed by atoms with Crippen molar-refractivity contribution in [2.75, 3.05) is 0 Å². The topological polar surface area (TPSA) is 50.9 Å². The zero-order valence-corrected chi connectivity index (χ0v) is 4.86. The molecule has 0 spiro atoms. The second-order valence-electron chi connectivity index (χ2n) is 2.19. The van der Waals surface area contributed by atoms with Crippen molar-refractivity contribution in [2.45, 2.75) is 19.1 Å². The maximum absolute atomic E-state index is 9.15. The molecule has 1 aromatic rings. The first-order valence-electron chi connectivity index (χ1n) is 2.93. The molecule has 1 N–H and O–H groups in total. The van der Waals surface area contributed by atoms with Gasteiger partial charge >= 0.3 is 0 Å². The van der Waals surface area contributed by atoms with Crippen molar-refractivity contribution in [3.63, 3.8) is 0 Å². The maximum Gasteiger partial charge on any atom is 0.161 e. The Kier molecular flexibility index (Phi) is 0.843. The molecule has 9 heavy (non-hydrogen) atoms. The fourth-order valence-corrected chi connectivity index (χ4v) is 1.08. The van der Waals surface area contributed by atoms with Gasteiger partial charge < -0.3 is 9.67 Å². The average Bonchev–Trinajstić information content (AvgIpc) is 2.35. The molecule has 1 atom stereocenters. The predicted octanol–water partition coefficient (Wildman–Crippen LogP) is -0.285. The van der Waals surface area contributed by atoms with E-state index < -0.39 is 0 Å². The van der Waals surface area contributed by atoms with Crippen LogP contribution in [0.15, 0.2) is 6.33 Å². The van der Waals surface area contributed by atoms with Gasteiger partial charge in [0.1, 0.15) is 12.4 Å². The first kappa shape index (κ1) is 4.93. The summed E-state index contributed by atoms with van der Waals surface area (Å²) in [5.74, 6) is 0.704. The lowest BCUT2D eigenvalue weighted by atomic mass is 10.3. The summed E-state index contributed by atoms with van der Waals surface area (Å²) in [5, 5.41) is 16.5. The van der Waals surface area contributed by atoms with Crippen molar-refractivity contribution >= 4 is 0 Å². The average molecular weight is 125 g/mol. The van der Waals surface area contributed by atoms with Gasteiger partial charge in [-0.1, -0.05) is 0 Å². The van der Waals surface area contributed by atoms with Gasteiger partial charge in [-0.2, -0.15) is 0 Å². The number of nitrogens with zero attached hydrogens (tertiary/aromatic N) is 3. The number of aryl methyl sites for hydroxylation is 1. The van der Waals surface area contributed by atoms with Crippen LogP contribution >= 0.6 is 0 Å². The third kappa shape index (κ3) is 0.564. The van der Waals surface area contributed by atoms with Crippen LogP contribution in [-0.4, -0.2) is 19.9 Å². The van der Waals surface area contributed by atoms with E-state index >= 15 is 0 Å². The van der Waals surface area contributed by atoms with Crippen LogP contribution in [-0.2, 0) is 6.54 Å². The van der Waals surface area contributed by atoms with Gasteiger partial charge in [0.15, 0.2) is 5.82 Å². The summed E-state index contributed by atoms with van der Waals surface area (Å²) in [5.41, 5.74) is 0. The van der Waals surface area contributed by atoms with E-state index in [1.807, 2.05) is 4.57 Å². The molecule has 1 aliphatic heterocycles. The Morgan fingerprint density at radius 3 is 3.44 bits per heavy atom. The largest absolute Gasteiger partial charge is 0.385 e. The summed E-state index contributed by atoms with van der Waals surface area (Å²) < 4.78 is 1.87. The molecular formula is C5H7N3O. The summed E-state index contributed by atoms with van der Waals surface area (Å²) in [4.78, 5) is 0. The van der Waals surface area contributed by atoms with Gasteiger partial charge in [-0.05, 0) is 6.42 Å². The molecule has 0 amide bonds. The summed E-state index contributed by atoms with van der Waals surface area (Å²) in [6.07, 6.45) is 2.05. The second kappa shape index (κ2) is 1.54. The molecule has 0 saturated carbocycles. The Balaban J connectivity index is 2.49. The highest BCUT2D eigenvalue weighted by atomic mass is 16.3. The Labute approximate surface area is 52.1 Å². The van der Waals surface area contributed by atoms with Gasteiger partial charge in [-0.3, -0.25) is 0 Å². The number of hydrogen-bond donors (Lipinski definition) is 1. The molecule has 0 aromatic carbocycles. The predicted molar refractivity (Wildman–Crippen MR) is 29.6 cm³/mol. The SMILES string of the molecule is OC1CCn2cnnc21. The highest BCUT2D eigenvalue weighted by Crippen LogP contribution is 2.21. The van der Waals surface area contributed by atoms with Gasteiger partial charge in [0, 0.05) is 6.54 Å². The minimum Gasteiger partial charge on any atom is -0.385 e. The van der Waals surface area contributed by atoms with Gasteiger partial charge in [0.25, 0.3) is 0 Å². The lowest BCUT2D eigenvalue weighted by molar-refractivity contribution is 0.175. The number of aliphatic hydroxyl groups is 1. The molecule has 1 aromatic heterocycles. The van der Waals surface area contributed by atoms with Crippen molar-refractivity contribution in [1.82, 2.24) is 14.8 Å². The van der Waals surface area contributed by atoms with Crippen molar-refractivity contribution < 1.29 is 5.11 Å². The fourth-order valence-electron chi connectivity index (χ4n) is 1.08. The van der Waals surface area contributed by atoms with Gasteiger partial charge in [-0.25, -0.2) is 0 Å². The zero-order valence-electron chi connectivity index (χ0n) is 4.86. The number of hydrogen-bond acceptors (Lipinski definition) is 3. The first-order valence-corrected chi connectivity index (χ1v) is 2.93. The van der Waals surface area contributed by atoms with Crippen LogP contribution in [0.2, 0.25) is 0 Å². The van der Waals surface area contributed by atoms with Crippen LogP contribution in [0.5, 0.6) is 0 Å². The molecule has 2 heterocycles. The van der Waals surface area contributed by atoms with E-state index in [2.05, 4.69) is 10.2 Å². The molecule has 1 unspecified atom stereocenters. The normalized spacial score (nSPS) is 24.3. The minimum atomic E-state index is -0.382. The van der Waals surface area contributed by atoms with Crippen molar-refractivity contribution in [1.29, 1.82) is 0 Å². The molecular weight excluding hydrogens is 118 g/mol. The molecule has 0 aliphatic carbocycles. The third-order valence-corrected chi connectivity index (χ3v) is 1.59. The molecule has 4 nitrogen and oxygen atoms in total. The summed E-state index contributed by atoms with van der Waals surface area (Å²) in [6, 6.07) is 0. The standard InChI is InChI=1S/C5H7N3O/c9-4-1-2-8-3-6-7-5(4)8/h3-4,9H,1-2H2. The summed E-state index contributed by atoms with van der Waals surface area (Å²) >= 11 is 0. The maximum atomic E-state index is 9.15. The molecule has 48 valence electrons. The third-order valence-electron chi connectivity index (χ3n) is 1.59. The number of aromatic nitrogens is 3. The van der Waals surface area contributed by atoms with E-state index in [0.717, 1.165) is 13.0 Å². The van der Waals surface area contributed by atoms with E-state index in [9.17, 15) is 0 Å². The van der Waals surface area contributed by atoms with Crippen LogP contribution in [0.4, 0.5) is 0 Å². The minimum absolute atomic E-state index is 0.382. The number of aliphatic hydroxyl groups excluding tert-OH is 1. The zero-order chi connectivity index (χ0) is 6.27. The second-order valence-corrected chi connectivity index (χ2v) is 2.19. The van der Waals surface area contributed by atoms with E-state index in [1.165, 1.54) is 0 Å². The van der Waals surface area contributed by atoms with Crippen LogP contribution in [0, 0.1) is 0 Å². The summed E-state index contributed by atoms with van der Waals surface area (Å²) in [7, 11) is 0. The Morgan fingerprint density at radius 1 is 1.78 bits per heavy atom. The highest BCUT2D eigenvalue weighted by Gasteiger charge is 2.21. The Bertz CT molecular complexity index is 220. The monoisotopic (exact) mass is 125 g/mol. The Hall–Kier alpha value is -0.900. The van der Waals surface area contributed by atoms with Crippen LogP contribution in [0.25, 0.3) is 0 Å². The van der Waals surface area contributed by atoms with Crippen molar-refractivity contribution in [3.8, 4) is 0 Å². The highest BCUT2D eigenvalue weighted by molar-refractivity contribution is 4.95. The molecule has 0 radical (unpaired) electrons. The van der Waals surface area contributed by atoms with E-state index in [-0.39, 0.29) is 6.10 Å². The van der Waals surface area contributed by atoms with E-state index in [1.54, 1.807) is 6.33 Å². The molecule has 2 rings (SSSR count). The fraction of sp³-hybridized carbons (Fsp3) is 0.600. The first-order chi connectivity index (χ1) is 4.38. The van der Waals surface area contributed by atoms with E-state index in [4.69, 9.17) is 5.11 Å².